The van der Waals surface area contributed by atoms with Crippen molar-refractivity contribution in [3.63, 3.8) is 0 Å². The Morgan fingerprint density at radius 3 is 2.57 bits per heavy atom. The molecule has 1 aromatic heterocycles. The molecule has 0 spiro atoms. The molecule has 1 heterocycles. The van der Waals surface area contributed by atoms with Crippen molar-refractivity contribution >= 4 is 40.6 Å². The minimum Gasteiger partial charge on any atom is -0.378 e. The first-order valence-electron chi connectivity index (χ1n) is 7.01. The standard InChI is InChI=1S/C14H17ClN6O2/c1-3-8(2)17-14-19-12(16)11(21(22)23)13(20-14)18-10-6-4-9(15)5-7-10/h4-8H,3H2,1-2H3,(H4,16,17,18,19,20). The van der Waals surface area contributed by atoms with Gasteiger partial charge in [0.2, 0.25) is 17.6 Å². The number of hydrogen-bond donors (Lipinski definition) is 3. The van der Waals surface area contributed by atoms with Gasteiger partial charge >= 0.3 is 5.69 Å². The predicted octanol–water partition coefficient (Wildman–Crippen LogP) is 3.57. The van der Waals surface area contributed by atoms with Crippen molar-refractivity contribution in [3.05, 3.63) is 39.4 Å². The fraction of sp³-hybridized carbons (Fsp3) is 0.286. The topological polar surface area (TPSA) is 119 Å². The third-order valence-electron chi connectivity index (χ3n) is 3.19. The van der Waals surface area contributed by atoms with Gasteiger partial charge in [0.15, 0.2) is 0 Å². The van der Waals surface area contributed by atoms with Gasteiger partial charge in [-0.1, -0.05) is 18.5 Å². The van der Waals surface area contributed by atoms with E-state index in [9.17, 15) is 10.1 Å². The van der Waals surface area contributed by atoms with Crippen LogP contribution in [0.4, 0.5) is 29.0 Å². The molecule has 9 heteroatoms. The lowest BCUT2D eigenvalue weighted by Crippen LogP contribution is -2.17. The van der Waals surface area contributed by atoms with Crippen molar-refractivity contribution in [1.29, 1.82) is 0 Å². The third kappa shape index (κ3) is 4.19. The molecule has 0 amide bonds. The first-order chi connectivity index (χ1) is 10.9. The van der Waals surface area contributed by atoms with Crippen LogP contribution in [0.3, 0.4) is 0 Å². The van der Waals surface area contributed by atoms with Crippen LogP contribution in [0.25, 0.3) is 0 Å². The molecule has 0 aliphatic rings. The monoisotopic (exact) mass is 336 g/mol. The second kappa shape index (κ2) is 7.10. The molecule has 0 fully saturated rings. The van der Waals surface area contributed by atoms with E-state index >= 15 is 0 Å². The highest BCUT2D eigenvalue weighted by molar-refractivity contribution is 6.30. The van der Waals surface area contributed by atoms with Crippen LogP contribution >= 0.6 is 11.6 Å². The van der Waals surface area contributed by atoms with Gasteiger partial charge in [0, 0.05) is 16.8 Å². The van der Waals surface area contributed by atoms with Gasteiger partial charge in [0.05, 0.1) is 4.92 Å². The van der Waals surface area contributed by atoms with Crippen LogP contribution in [0.1, 0.15) is 20.3 Å². The minimum atomic E-state index is -0.611. The van der Waals surface area contributed by atoms with Crippen LogP contribution in [0, 0.1) is 10.1 Å². The molecule has 0 saturated carbocycles. The first kappa shape index (κ1) is 16.8. The SMILES string of the molecule is CCC(C)Nc1nc(N)c([N+](=O)[O-])c(Nc2ccc(Cl)cc2)n1. The number of benzene rings is 1. The smallest absolute Gasteiger partial charge is 0.353 e. The van der Waals surface area contributed by atoms with Gasteiger partial charge in [-0.25, -0.2) is 0 Å². The number of rotatable bonds is 6. The molecule has 0 aliphatic heterocycles. The molecular formula is C14H17ClN6O2. The summed E-state index contributed by atoms with van der Waals surface area (Å²) >= 11 is 5.83. The predicted molar refractivity (Wildman–Crippen MR) is 91.2 cm³/mol. The van der Waals surface area contributed by atoms with E-state index in [-0.39, 0.29) is 29.3 Å². The summed E-state index contributed by atoms with van der Waals surface area (Å²) < 4.78 is 0. The first-order valence-corrected chi connectivity index (χ1v) is 7.39. The van der Waals surface area contributed by atoms with E-state index in [0.29, 0.717) is 10.7 Å². The van der Waals surface area contributed by atoms with E-state index in [4.69, 9.17) is 17.3 Å². The normalized spacial score (nSPS) is 11.8. The Bertz CT molecular complexity index is 707. The zero-order valence-corrected chi connectivity index (χ0v) is 13.5. The summed E-state index contributed by atoms with van der Waals surface area (Å²) in [6, 6.07) is 6.81. The fourth-order valence-corrected chi connectivity index (χ4v) is 1.92. The third-order valence-corrected chi connectivity index (χ3v) is 3.44. The van der Waals surface area contributed by atoms with Crippen molar-refractivity contribution in [2.75, 3.05) is 16.4 Å². The summed E-state index contributed by atoms with van der Waals surface area (Å²) in [7, 11) is 0. The van der Waals surface area contributed by atoms with Crippen molar-refractivity contribution in [3.8, 4) is 0 Å². The molecule has 2 rings (SSSR count). The molecule has 2 aromatic rings. The van der Waals surface area contributed by atoms with E-state index in [2.05, 4.69) is 20.6 Å². The number of nitrogen functional groups attached to an aromatic ring is 1. The number of nitro groups is 1. The van der Waals surface area contributed by atoms with Crippen molar-refractivity contribution in [2.24, 2.45) is 0 Å². The number of nitrogens with one attached hydrogen (secondary N) is 2. The maximum Gasteiger partial charge on any atom is 0.353 e. The van der Waals surface area contributed by atoms with Gasteiger partial charge < -0.3 is 16.4 Å². The molecule has 0 bridgehead atoms. The zero-order valence-electron chi connectivity index (χ0n) is 12.7. The highest BCUT2D eigenvalue weighted by Crippen LogP contribution is 2.31. The lowest BCUT2D eigenvalue weighted by atomic mass is 10.3. The highest BCUT2D eigenvalue weighted by Gasteiger charge is 2.23. The molecule has 1 aromatic carbocycles. The summed E-state index contributed by atoms with van der Waals surface area (Å²) in [6.07, 6.45) is 0.847. The Kier molecular flexibility index (Phi) is 5.17. The quantitative estimate of drug-likeness (QED) is 0.544. The molecule has 4 N–H and O–H groups in total. The maximum absolute atomic E-state index is 11.2. The number of anilines is 4. The van der Waals surface area contributed by atoms with Crippen LogP contribution < -0.4 is 16.4 Å². The van der Waals surface area contributed by atoms with Gasteiger partial charge in [-0.05, 0) is 37.6 Å². The molecule has 23 heavy (non-hydrogen) atoms. The van der Waals surface area contributed by atoms with Crippen molar-refractivity contribution < 1.29 is 4.92 Å². The molecule has 0 aliphatic carbocycles. The Balaban J connectivity index is 2.41. The minimum absolute atomic E-state index is 0.0237. The summed E-state index contributed by atoms with van der Waals surface area (Å²) in [6.45, 7) is 3.95. The van der Waals surface area contributed by atoms with Crippen LogP contribution in [0.15, 0.2) is 24.3 Å². The molecule has 1 atom stereocenters. The lowest BCUT2D eigenvalue weighted by molar-refractivity contribution is -0.383. The number of nitrogens with two attached hydrogens (primary N) is 1. The summed E-state index contributed by atoms with van der Waals surface area (Å²) in [5.74, 6) is 0.0572. The summed E-state index contributed by atoms with van der Waals surface area (Å²) in [4.78, 5) is 18.8. The molecular weight excluding hydrogens is 320 g/mol. The second-order valence-corrected chi connectivity index (χ2v) is 5.41. The van der Waals surface area contributed by atoms with Gasteiger partial charge in [-0.15, -0.1) is 0 Å². The highest BCUT2D eigenvalue weighted by atomic mass is 35.5. The number of aromatic nitrogens is 2. The van der Waals surface area contributed by atoms with E-state index in [1.807, 2.05) is 13.8 Å². The van der Waals surface area contributed by atoms with E-state index in [0.717, 1.165) is 6.42 Å². The van der Waals surface area contributed by atoms with Gasteiger partial charge in [-0.3, -0.25) is 10.1 Å². The van der Waals surface area contributed by atoms with E-state index < -0.39 is 4.92 Å². The fourth-order valence-electron chi connectivity index (χ4n) is 1.80. The van der Waals surface area contributed by atoms with Crippen LogP contribution in [0.5, 0.6) is 0 Å². The maximum atomic E-state index is 11.2. The Hall–Kier alpha value is -2.61. The van der Waals surface area contributed by atoms with Crippen molar-refractivity contribution in [1.82, 2.24) is 9.97 Å². The summed E-state index contributed by atoms with van der Waals surface area (Å²) in [5, 5.41) is 17.7. The van der Waals surface area contributed by atoms with E-state index in [1.165, 1.54) is 0 Å². The lowest BCUT2D eigenvalue weighted by Gasteiger charge is -2.13. The number of halogens is 1. The van der Waals surface area contributed by atoms with Crippen LogP contribution in [0.2, 0.25) is 5.02 Å². The summed E-state index contributed by atoms with van der Waals surface area (Å²) in [5.41, 5.74) is 5.96. The molecule has 1 unspecified atom stereocenters. The Morgan fingerprint density at radius 1 is 1.35 bits per heavy atom. The van der Waals surface area contributed by atoms with Crippen LogP contribution in [-0.4, -0.2) is 20.9 Å². The van der Waals surface area contributed by atoms with Gasteiger partial charge in [0.25, 0.3) is 0 Å². The molecule has 0 radical (unpaired) electrons. The van der Waals surface area contributed by atoms with Gasteiger partial charge in [-0.2, -0.15) is 9.97 Å². The van der Waals surface area contributed by atoms with Gasteiger partial charge in [0.1, 0.15) is 0 Å². The largest absolute Gasteiger partial charge is 0.378 e. The average Bonchev–Trinajstić information content (AvgIpc) is 2.48. The molecule has 8 nitrogen and oxygen atoms in total. The van der Waals surface area contributed by atoms with E-state index in [1.54, 1.807) is 24.3 Å². The van der Waals surface area contributed by atoms with Crippen LogP contribution in [-0.2, 0) is 0 Å². The number of hydrogen-bond acceptors (Lipinski definition) is 7. The second-order valence-electron chi connectivity index (χ2n) is 4.97. The zero-order chi connectivity index (χ0) is 17.0. The number of nitrogens with zero attached hydrogens (tertiary/aromatic N) is 3. The molecule has 0 saturated heterocycles. The average molecular weight is 337 g/mol. The Labute approximate surface area is 138 Å². The Morgan fingerprint density at radius 2 is 2.00 bits per heavy atom. The molecule has 122 valence electrons. The van der Waals surface area contributed by atoms with Crippen molar-refractivity contribution in [2.45, 2.75) is 26.3 Å².